The number of nitrogens with two attached hydrogens (primary N) is 2. The number of primary amides is 2. The number of aliphatic hydroxyl groups excluding tert-OH is 1. The quantitative estimate of drug-likeness (QED) is 0.0273. The van der Waals surface area contributed by atoms with Crippen LogP contribution in [-0.2, 0) is 51.2 Å². The number of benzene rings is 2. The number of carbonyl (C=O) groups excluding carboxylic acids is 7. The summed E-state index contributed by atoms with van der Waals surface area (Å²) >= 11 is 0. The molecule has 0 bridgehead atoms. The predicted octanol–water partition coefficient (Wildman–Crippen LogP) is 3.72. The molecular weight excluding hydrogens is 863 g/mol. The highest BCUT2D eigenvalue weighted by molar-refractivity contribution is 5.94. The Balaban J connectivity index is 1.65. The van der Waals surface area contributed by atoms with E-state index in [4.69, 9.17) is 11.5 Å². The summed E-state index contributed by atoms with van der Waals surface area (Å²) in [6.45, 7) is 5.13. The van der Waals surface area contributed by atoms with Crippen LogP contribution in [0.1, 0.15) is 141 Å². The Morgan fingerprint density at radius 2 is 1.01 bits per heavy atom. The molecule has 0 aliphatic rings. The van der Waals surface area contributed by atoms with Gasteiger partial charge in [0.25, 0.3) is 0 Å². The van der Waals surface area contributed by atoms with Crippen LogP contribution in [-0.4, -0.2) is 104 Å². The Bertz CT molecular complexity index is 1850. The van der Waals surface area contributed by atoms with Gasteiger partial charge in [0.05, 0.1) is 6.10 Å². The zero-order valence-electron chi connectivity index (χ0n) is 39.5. The smallest absolute Gasteiger partial charge is 0.326 e. The summed E-state index contributed by atoms with van der Waals surface area (Å²) < 4.78 is 0. The topological polar surface area (TPSA) is 301 Å². The molecule has 2 aromatic carbocycles. The first-order valence-corrected chi connectivity index (χ1v) is 23.7. The van der Waals surface area contributed by atoms with Crippen molar-refractivity contribution in [2.75, 3.05) is 0 Å². The lowest BCUT2D eigenvalue weighted by Gasteiger charge is -2.26. The molecule has 2 rings (SSSR count). The second-order valence-corrected chi connectivity index (χ2v) is 17.7. The number of carboxylic acid groups (broad SMARTS) is 1. The minimum atomic E-state index is -1.49. The van der Waals surface area contributed by atoms with Crippen LogP contribution in [0.25, 0.3) is 0 Å². The summed E-state index contributed by atoms with van der Waals surface area (Å²) in [5, 5.41) is 41.3. The van der Waals surface area contributed by atoms with Crippen LogP contribution in [0.15, 0.2) is 60.7 Å². The largest absolute Gasteiger partial charge is 0.480 e. The molecule has 0 radical (unpaired) electrons. The van der Waals surface area contributed by atoms with Crippen molar-refractivity contribution in [3.8, 4) is 0 Å². The molecule has 11 N–H and O–H groups in total. The minimum Gasteiger partial charge on any atom is -0.480 e. The van der Waals surface area contributed by atoms with E-state index >= 15 is 0 Å². The number of nitrogens with zero attached hydrogens (tertiary/aromatic N) is 1. The van der Waals surface area contributed by atoms with Gasteiger partial charge in [0.2, 0.25) is 41.4 Å². The van der Waals surface area contributed by atoms with Crippen LogP contribution >= 0.6 is 0 Å². The van der Waals surface area contributed by atoms with Crippen LogP contribution in [0.4, 0.5) is 0 Å². The Morgan fingerprint density at radius 1 is 0.567 bits per heavy atom. The molecule has 0 heterocycles. The summed E-state index contributed by atoms with van der Waals surface area (Å²) in [7, 11) is 0. The molecule has 0 spiro atoms. The van der Waals surface area contributed by atoms with E-state index in [0.717, 1.165) is 69.8 Å². The molecule has 0 aliphatic carbocycles. The first-order valence-electron chi connectivity index (χ1n) is 23.7. The molecule has 1 unspecified atom stereocenters. The van der Waals surface area contributed by atoms with Crippen molar-refractivity contribution in [2.24, 2.45) is 17.4 Å². The van der Waals surface area contributed by atoms with E-state index in [-0.39, 0.29) is 55.9 Å². The number of hydroxylamine groups is 2. The van der Waals surface area contributed by atoms with Gasteiger partial charge in [0, 0.05) is 32.1 Å². The maximum absolute atomic E-state index is 13.3. The molecule has 0 aromatic heterocycles. The third-order valence-corrected chi connectivity index (χ3v) is 11.3. The second kappa shape index (κ2) is 31.9. The lowest BCUT2D eigenvalue weighted by Crippen LogP contribution is -2.59. The van der Waals surface area contributed by atoms with E-state index in [9.17, 15) is 53.8 Å². The van der Waals surface area contributed by atoms with Crippen LogP contribution < -0.4 is 32.7 Å². The van der Waals surface area contributed by atoms with Crippen molar-refractivity contribution < 1.29 is 53.8 Å². The zero-order valence-corrected chi connectivity index (χ0v) is 39.5. The number of hydrogen-bond acceptors (Lipinski definition) is 10. The number of aliphatic carboxylic acids is 1. The average molecular weight is 938 g/mol. The molecule has 67 heavy (non-hydrogen) atoms. The fourth-order valence-corrected chi connectivity index (χ4v) is 7.54. The van der Waals surface area contributed by atoms with Crippen LogP contribution in [0.5, 0.6) is 0 Å². The molecule has 0 saturated carbocycles. The van der Waals surface area contributed by atoms with E-state index in [2.05, 4.69) is 21.3 Å². The third-order valence-electron chi connectivity index (χ3n) is 11.3. The maximum atomic E-state index is 13.3. The van der Waals surface area contributed by atoms with Gasteiger partial charge in [-0.05, 0) is 49.7 Å². The number of unbranched alkanes of at least 4 members (excludes halogenated alkanes) is 11. The number of amides is 7. The highest BCUT2D eigenvalue weighted by Crippen LogP contribution is 2.16. The van der Waals surface area contributed by atoms with Crippen LogP contribution in [0, 0.1) is 5.92 Å². The van der Waals surface area contributed by atoms with Crippen molar-refractivity contribution in [1.82, 2.24) is 26.3 Å². The van der Waals surface area contributed by atoms with Gasteiger partial charge < -0.3 is 42.9 Å². The van der Waals surface area contributed by atoms with E-state index < -0.39 is 83.6 Å². The number of carbonyl (C=O) groups is 8. The van der Waals surface area contributed by atoms with Gasteiger partial charge in [-0.15, -0.1) is 0 Å². The van der Waals surface area contributed by atoms with Gasteiger partial charge in [0.15, 0.2) is 0 Å². The standard InChI is InChI=1S/C49H75N7O11/c1-33(2)30-38(46(62)52-37(45(51)61)31-35-22-16-14-17-23-35)53-48(64)44(34(3)57)55-42(59)26-20-12-10-8-6-4-5-7-9-11-13-21-27-43(60)56(67)40(28-29-41(50)58)47(63)54-39(49(65)66)32-36-24-18-15-19-25-36/h14-19,22-25,33-34,37-40,44,57,67H,4-13,20-21,26-32H2,1-3H3,(H2,50,58)(H2,51,61)(H,52,62)(H,53,64)(H,54,63)(H,55,59)(H,65,66)/t34?,37-,38-,39-,40-,44-/m0/s1. The van der Waals surface area contributed by atoms with Crippen molar-refractivity contribution >= 4 is 47.3 Å². The van der Waals surface area contributed by atoms with Gasteiger partial charge in [-0.3, -0.25) is 38.8 Å². The minimum absolute atomic E-state index is 0.0104. The molecule has 6 atom stereocenters. The van der Waals surface area contributed by atoms with Gasteiger partial charge >= 0.3 is 5.97 Å². The summed E-state index contributed by atoms with van der Waals surface area (Å²) in [4.78, 5) is 101. The molecule has 18 heteroatoms. The molecule has 372 valence electrons. The lowest BCUT2D eigenvalue weighted by atomic mass is 10.0. The molecular formula is C49H75N7O11. The first kappa shape index (κ1) is 57.2. The number of rotatable bonds is 35. The van der Waals surface area contributed by atoms with E-state index in [0.29, 0.717) is 18.4 Å². The monoisotopic (exact) mass is 938 g/mol. The highest BCUT2D eigenvalue weighted by atomic mass is 16.5. The average Bonchev–Trinajstić information content (AvgIpc) is 3.27. The lowest BCUT2D eigenvalue weighted by molar-refractivity contribution is -0.181. The number of carboxylic acids is 1. The normalized spacial score (nSPS) is 13.8. The Kier molecular flexibility index (Phi) is 27.3. The molecule has 0 fully saturated rings. The highest BCUT2D eigenvalue weighted by Gasteiger charge is 2.33. The Hall–Kier alpha value is -5.88. The van der Waals surface area contributed by atoms with Gasteiger partial charge in [0.1, 0.15) is 30.2 Å². The molecule has 7 amide bonds. The fraction of sp³-hybridized carbons (Fsp3) is 0.592. The van der Waals surface area contributed by atoms with Crippen molar-refractivity contribution in [2.45, 2.75) is 179 Å². The SMILES string of the molecule is CC(C)C[C@H](NC(=O)[C@@H](NC(=O)CCCCCCCCCCCCCCC(=O)N(O)[C@@H](CCC(N)=O)C(=O)N[C@@H](Cc1ccccc1)C(=O)O)C(C)O)C(=O)N[C@@H](Cc1ccccc1)C(N)=O. The van der Waals surface area contributed by atoms with Gasteiger partial charge in [-0.2, -0.15) is 0 Å². The molecule has 18 nitrogen and oxygen atoms in total. The van der Waals surface area contributed by atoms with Gasteiger partial charge in [-0.1, -0.05) is 139 Å². The number of aliphatic hydroxyl groups is 1. The van der Waals surface area contributed by atoms with Crippen molar-refractivity contribution in [3.05, 3.63) is 71.8 Å². The summed E-state index contributed by atoms with van der Waals surface area (Å²) in [5.41, 5.74) is 12.3. The maximum Gasteiger partial charge on any atom is 0.326 e. The Morgan fingerprint density at radius 3 is 1.46 bits per heavy atom. The van der Waals surface area contributed by atoms with Crippen LogP contribution in [0.2, 0.25) is 0 Å². The van der Waals surface area contributed by atoms with E-state index in [1.165, 1.54) is 6.92 Å². The van der Waals surface area contributed by atoms with Gasteiger partial charge in [-0.25, -0.2) is 9.86 Å². The molecule has 2 aromatic rings. The summed E-state index contributed by atoms with van der Waals surface area (Å²) in [5.74, 6) is -6.06. The van der Waals surface area contributed by atoms with E-state index in [1.54, 1.807) is 30.3 Å². The molecule has 0 saturated heterocycles. The van der Waals surface area contributed by atoms with Crippen LogP contribution in [0.3, 0.4) is 0 Å². The molecule has 0 aliphatic heterocycles. The van der Waals surface area contributed by atoms with Crippen molar-refractivity contribution in [1.29, 1.82) is 0 Å². The summed E-state index contributed by atoms with van der Waals surface area (Å²) in [6, 6.07) is 11.6. The summed E-state index contributed by atoms with van der Waals surface area (Å²) in [6.07, 6.45) is 9.32. The fourth-order valence-electron chi connectivity index (χ4n) is 7.54. The van der Waals surface area contributed by atoms with E-state index in [1.807, 2.05) is 44.2 Å². The Labute approximate surface area is 394 Å². The van der Waals surface area contributed by atoms with Crippen molar-refractivity contribution in [3.63, 3.8) is 0 Å². The third kappa shape index (κ3) is 23.9. The second-order valence-electron chi connectivity index (χ2n) is 17.7. The first-order chi connectivity index (χ1) is 31.9. The number of nitrogens with one attached hydrogen (secondary N) is 4. The predicted molar refractivity (Wildman–Crippen MR) is 251 cm³/mol. The zero-order chi connectivity index (χ0) is 49.7. The number of hydrogen-bond donors (Lipinski definition) is 9.